The first-order valence-electron chi connectivity index (χ1n) is 6.21. The fraction of sp³-hybridized carbons (Fsp3) is 0.462. The van der Waals surface area contributed by atoms with Gasteiger partial charge in [0, 0.05) is 16.2 Å². The average molecular weight is 351 g/mol. The fourth-order valence-corrected chi connectivity index (χ4v) is 2.15. The maximum absolute atomic E-state index is 12.5. The van der Waals surface area contributed by atoms with Gasteiger partial charge in [0.2, 0.25) is 5.91 Å². The van der Waals surface area contributed by atoms with E-state index in [0.29, 0.717) is 5.69 Å². The van der Waals surface area contributed by atoms with E-state index in [4.69, 9.17) is 0 Å². The van der Waals surface area contributed by atoms with Crippen molar-refractivity contribution in [1.82, 2.24) is 5.32 Å². The monoisotopic (exact) mass is 350 g/mol. The summed E-state index contributed by atoms with van der Waals surface area (Å²) in [5.74, 6) is -0.153. The Labute approximate surface area is 123 Å². The van der Waals surface area contributed by atoms with Crippen molar-refractivity contribution < 1.29 is 18.0 Å². The molecule has 1 aromatic rings. The quantitative estimate of drug-likeness (QED) is 0.871. The number of rotatable bonds is 4. The lowest BCUT2D eigenvalue weighted by atomic mass is 10.2. The third-order valence-electron chi connectivity index (χ3n) is 2.99. The third kappa shape index (κ3) is 3.88. The van der Waals surface area contributed by atoms with E-state index in [0.717, 1.165) is 25.0 Å². The van der Waals surface area contributed by atoms with Crippen LogP contribution in [0.2, 0.25) is 0 Å². The zero-order valence-corrected chi connectivity index (χ0v) is 12.3. The lowest BCUT2D eigenvalue weighted by Crippen LogP contribution is -2.38. The highest BCUT2D eigenvalue weighted by atomic mass is 79.9. The second-order valence-electron chi connectivity index (χ2n) is 4.84. The maximum atomic E-state index is 12.5. The number of benzene rings is 1. The van der Waals surface area contributed by atoms with Crippen molar-refractivity contribution in [3.05, 3.63) is 28.2 Å². The minimum atomic E-state index is -4.38. The van der Waals surface area contributed by atoms with Crippen LogP contribution in [0.15, 0.2) is 22.7 Å². The molecule has 110 valence electrons. The molecule has 20 heavy (non-hydrogen) atoms. The van der Waals surface area contributed by atoms with Crippen LogP contribution in [0.25, 0.3) is 0 Å². The van der Waals surface area contributed by atoms with Crippen molar-refractivity contribution in [2.24, 2.45) is 0 Å². The first-order valence-corrected chi connectivity index (χ1v) is 7.00. The second kappa shape index (κ2) is 5.63. The number of halogens is 4. The zero-order valence-electron chi connectivity index (χ0n) is 10.7. The van der Waals surface area contributed by atoms with Gasteiger partial charge in [-0.05, 0) is 53.9 Å². The molecule has 2 N–H and O–H groups in total. The summed E-state index contributed by atoms with van der Waals surface area (Å²) in [5.41, 5.74) is -0.276. The predicted octanol–water partition coefficient (Wildman–Crippen LogP) is 3.55. The van der Waals surface area contributed by atoms with Crippen molar-refractivity contribution in [2.45, 2.75) is 38.0 Å². The Bertz CT molecular complexity index is 515. The molecule has 3 nitrogen and oxygen atoms in total. The number of anilines is 1. The number of alkyl halides is 3. The van der Waals surface area contributed by atoms with E-state index in [1.807, 2.05) is 0 Å². The van der Waals surface area contributed by atoms with Crippen molar-refractivity contribution in [3.63, 3.8) is 0 Å². The number of carbonyl (C=O) groups excluding carboxylic acids is 1. The van der Waals surface area contributed by atoms with Gasteiger partial charge in [-0.3, -0.25) is 4.79 Å². The number of hydrogen-bond acceptors (Lipinski definition) is 2. The van der Waals surface area contributed by atoms with Gasteiger partial charge in [-0.15, -0.1) is 0 Å². The average Bonchev–Trinajstić information content (AvgIpc) is 3.14. The van der Waals surface area contributed by atoms with Crippen molar-refractivity contribution in [2.75, 3.05) is 5.32 Å². The first kappa shape index (κ1) is 15.2. The SMILES string of the molecule is CC(Nc1ccc(C(F)(F)F)cc1Br)C(=O)NC1CC1. The van der Waals surface area contributed by atoms with Gasteiger partial charge in [-0.25, -0.2) is 0 Å². The van der Waals surface area contributed by atoms with Crippen molar-refractivity contribution in [3.8, 4) is 0 Å². The van der Waals surface area contributed by atoms with E-state index in [-0.39, 0.29) is 16.4 Å². The van der Waals surface area contributed by atoms with Gasteiger partial charge >= 0.3 is 6.18 Å². The molecule has 0 heterocycles. The number of amides is 1. The lowest BCUT2D eigenvalue weighted by molar-refractivity contribution is -0.137. The number of carbonyl (C=O) groups is 1. The molecular weight excluding hydrogens is 337 g/mol. The lowest BCUT2D eigenvalue weighted by Gasteiger charge is -2.17. The third-order valence-corrected chi connectivity index (χ3v) is 3.64. The molecule has 2 rings (SSSR count). The molecule has 0 spiro atoms. The van der Waals surface area contributed by atoms with Gasteiger partial charge in [-0.1, -0.05) is 0 Å². The Kier molecular flexibility index (Phi) is 4.27. The van der Waals surface area contributed by atoms with Gasteiger partial charge < -0.3 is 10.6 Å². The Morgan fingerprint density at radius 3 is 2.55 bits per heavy atom. The van der Waals surface area contributed by atoms with Crippen LogP contribution in [-0.2, 0) is 11.0 Å². The smallest absolute Gasteiger partial charge is 0.373 e. The fourth-order valence-electron chi connectivity index (χ4n) is 1.66. The summed E-state index contributed by atoms with van der Waals surface area (Å²) in [7, 11) is 0. The van der Waals surface area contributed by atoms with Gasteiger partial charge in [-0.2, -0.15) is 13.2 Å². The predicted molar refractivity (Wildman–Crippen MR) is 73.4 cm³/mol. The highest BCUT2D eigenvalue weighted by Crippen LogP contribution is 2.34. The van der Waals surface area contributed by atoms with Crippen LogP contribution in [-0.4, -0.2) is 18.0 Å². The Morgan fingerprint density at radius 1 is 1.40 bits per heavy atom. The summed E-state index contributed by atoms with van der Waals surface area (Å²) >= 11 is 3.09. The van der Waals surface area contributed by atoms with Crippen molar-refractivity contribution >= 4 is 27.5 Å². The molecule has 0 saturated heterocycles. The molecule has 1 aliphatic rings. The van der Waals surface area contributed by atoms with Crippen LogP contribution in [0.5, 0.6) is 0 Å². The molecule has 7 heteroatoms. The summed E-state index contributed by atoms with van der Waals surface area (Å²) in [4.78, 5) is 11.8. The standard InChI is InChI=1S/C13H14BrF3N2O/c1-7(12(20)19-9-3-4-9)18-11-5-2-8(6-10(11)14)13(15,16)17/h2,5-7,9,18H,3-4H2,1H3,(H,19,20). The Morgan fingerprint density at radius 2 is 2.05 bits per heavy atom. The topological polar surface area (TPSA) is 41.1 Å². The summed E-state index contributed by atoms with van der Waals surface area (Å²) in [6, 6.07) is 3.03. The maximum Gasteiger partial charge on any atom is 0.416 e. The normalized spacial score (nSPS) is 16.6. The number of hydrogen-bond donors (Lipinski definition) is 2. The van der Waals surface area contributed by atoms with Gasteiger partial charge in [0.1, 0.15) is 6.04 Å². The summed E-state index contributed by atoms with van der Waals surface area (Å²) in [6.45, 7) is 1.67. The Hall–Kier alpha value is -1.24. The van der Waals surface area contributed by atoms with Crippen LogP contribution in [0.3, 0.4) is 0 Å². The summed E-state index contributed by atoms with van der Waals surface area (Å²) < 4.78 is 37.9. The minimum Gasteiger partial charge on any atom is -0.373 e. The van der Waals surface area contributed by atoms with E-state index in [9.17, 15) is 18.0 Å². The van der Waals surface area contributed by atoms with Gasteiger partial charge in [0.25, 0.3) is 0 Å². The second-order valence-corrected chi connectivity index (χ2v) is 5.70. The van der Waals surface area contributed by atoms with Gasteiger partial charge in [0.15, 0.2) is 0 Å². The first-order chi connectivity index (χ1) is 9.27. The van der Waals surface area contributed by atoms with Crippen LogP contribution in [0.1, 0.15) is 25.3 Å². The molecule has 1 aromatic carbocycles. The zero-order chi connectivity index (χ0) is 14.9. The highest BCUT2D eigenvalue weighted by Gasteiger charge is 2.31. The van der Waals surface area contributed by atoms with E-state index in [2.05, 4.69) is 26.6 Å². The molecule has 1 amide bonds. The molecule has 1 aliphatic carbocycles. The van der Waals surface area contributed by atoms with Crippen LogP contribution >= 0.6 is 15.9 Å². The number of nitrogens with one attached hydrogen (secondary N) is 2. The van der Waals surface area contributed by atoms with Gasteiger partial charge in [0.05, 0.1) is 5.56 Å². The van der Waals surface area contributed by atoms with E-state index < -0.39 is 17.8 Å². The minimum absolute atomic E-state index is 0.153. The highest BCUT2D eigenvalue weighted by molar-refractivity contribution is 9.10. The summed E-state index contributed by atoms with van der Waals surface area (Å²) in [5, 5.41) is 5.73. The molecule has 1 saturated carbocycles. The molecule has 0 aromatic heterocycles. The van der Waals surface area contributed by atoms with Crippen LogP contribution in [0.4, 0.5) is 18.9 Å². The molecule has 1 atom stereocenters. The molecule has 0 bridgehead atoms. The Balaban J connectivity index is 2.03. The summed E-state index contributed by atoms with van der Waals surface area (Å²) in [6.07, 6.45) is -2.40. The van der Waals surface area contributed by atoms with Crippen molar-refractivity contribution in [1.29, 1.82) is 0 Å². The largest absolute Gasteiger partial charge is 0.416 e. The molecular formula is C13H14BrF3N2O. The molecule has 1 fully saturated rings. The van der Waals surface area contributed by atoms with E-state index in [1.165, 1.54) is 6.07 Å². The van der Waals surface area contributed by atoms with Crippen LogP contribution < -0.4 is 10.6 Å². The van der Waals surface area contributed by atoms with E-state index in [1.54, 1.807) is 6.92 Å². The molecule has 0 aliphatic heterocycles. The molecule has 1 unspecified atom stereocenters. The van der Waals surface area contributed by atoms with E-state index >= 15 is 0 Å². The van der Waals surface area contributed by atoms with Crippen LogP contribution in [0, 0.1) is 0 Å². The molecule has 0 radical (unpaired) electrons.